The van der Waals surface area contributed by atoms with Crippen LogP contribution in [0.2, 0.25) is 5.02 Å². The van der Waals surface area contributed by atoms with E-state index < -0.39 is 0 Å². The predicted molar refractivity (Wildman–Crippen MR) is 77.4 cm³/mol. The number of halogens is 1. The number of rotatable bonds is 4. The monoisotopic (exact) mass is 278 g/mol. The predicted octanol–water partition coefficient (Wildman–Crippen LogP) is 2.79. The molecule has 0 aromatic heterocycles. The molecule has 0 radical (unpaired) electrons. The minimum Gasteiger partial charge on any atom is -0.494 e. The van der Waals surface area contributed by atoms with Gasteiger partial charge >= 0.3 is 0 Å². The van der Waals surface area contributed by atoms with E-state index in [0.29, 0.717) is 24.9 Å². The molecule has 18 heavy (non-hydrogen) atoms. The first kappa shape index (κ1) is 13.1. The van der Waals surface area contributed by atoms with Crippen molar-refractivity contribution in [2.75, 3.05) is 7.11 Å². The van der Waals surface area contributed by atoms with Gasteiger partial charge < -0.3 is 4.74 Å². The third-order valence-electron chi connectivity index (χ3n) is 2.47. The van der Waals surface area contributed by atoms with Gasteiger partial charge in [-0.15, -0.1) is 0 Å². The van der Waals surface area contributed by atoms with Crippen LogP contribution in [-0.4, -0.2) is 13.4 Å². The Morgan fingerprint density at radius 2 is 1.89 bits per heavy atom. The summed E-state index contributed by atoms with van der Waals surface area (Å²) in [6.07, 6.45) is 0.768. The average Bonchev–Trinajstić information content (AvgIpc) is 2.39. The van der Waals surface area contributed by atoms with Crippen LogP contribution in [0.4, 0.5) is 0 Å². The van der Waals surface area contributed by atoms with Crippen molar-refractivity contribution in [3.8, 4) is 5.75 Å². The molecule has 2 nitrogen and oxygen atoms in total. The van der Waals surface area contributed by atoms with Crippen molar-refractivity contribution in [2.45, 2.75) is 0 Å². The molecule has 0 N–H and O–H groups in total. The fraction of sp³-hybridized carbons (Fsp3) is 0.0714. The van der Waals surface area contributed by atoms with E-state index in [-0.39, 0.29) is 0 Å². The SMILES string of the molecule is COc1c(Cl)cc(Pc2ccccc2)cc1C=O. The van der Waals surface area contributed by atoms with Gasteiger partial charge in [0.25, 0.3) is 0 Å². The Hall–Kier alpha value is -1.37. The molecule has 0 heterocycles. The standard InChI is InChI=1S/C14H12ClO2P/c1-17-14-10(9-16)7-12(8-13(14)15)18-11-5-3-2-4-6-11/h2-9,18H,1H3. The Labute approximate surface area is 113 Å². The van der Waals surface area contributed by atoms with Gasteiger partial charge in [-0.25, -0.2) is 0 Å². The number of hydrogen-bond acceptors (Lipinski definition) is 2. The lowest BCUT2D eigenvalue weighted by atomic mass is 10.2. The van der Waals surface area contributed by atoms with E-state index in [1.54, 1.807) is 0 Å². The lowest BCUT2D eigenvalue weighted by molar-refractivity contribution is 0.112. The van der Waals surface area contributed by atoms with Crippen LogP contribution in [0.3, 0.4) is 0 Å². The number of hydrogen-bond donors (Lipinski definition) is 0. The van der Waals surface area contributed by atoms with Crippen molar-refractivity contribution in [3.63, 3.8) is 0 Å². The fourth-order valence-electron chi connectivity index (χ4n) is 1.68. The second-order valence-corrected chi connectivity index (χ2v) is 5.50. The van der Waals surface area contributed by atoms with Crippen LogP contribution in [0.1, 0.15) is 10.4 Å². The van der Waals surface area contributed by atoms with Gasteiger partial charge in [0, 0.05) is 0 Å². The Balaban J connectivity index is 2.35. The van der Waals surface area contributed by atoms with Crippen LogP contribution in [0, 0.1) is 0 Å². The smallest absolute Gasteiger partial charge is 0.153 e. The van der Waals surface area contributed by atoms with E-state index in [1.807, 2.05) is 30.3 Å². The molecule has 1 unspecified atom stereocenters. The van der Waals surface area contributed by atoms with Gasteiger partial charge in [-0.05, 0) is 22.7 Å². The maximum Gasteiger partial charge on any atom is 0.153 e. The van der Waals surface area contributed by atoms with Crippen molar-refractivity contribution in [2.24, 2.45) is 0 Å². The molecule has 1 atom stereocenters. The molecule has 2 aromatic rings. The summed E-state index contributed by atoms with van der Waals surface area (Å²) in [5, 5.41) is 2.70. The van der Waals surface area contributed by atoms with E-state index in [1.165, 1.54) is 12.4 Å². The van der Waals surface area contributed by atoms with Crippen LogP contribution in [0.5, 0.6) is 5.75 Å². The van der Waals surface area contributed by atoms with Gasteiger partial charge in [-0.2, -0.15) is 0 Å². The summed E-state index contributed by atoms with van der Waals surface area (Å²) in [4.78, 5) is 11.0. The minimum absolute atomic E-state index is 0.438. The zero-order chi connectivity index (χ0) is 13.0. The summed E-state index contributed by atoms with van der Waals surface area (Å²) in [6.45, 7) is 0. The third kappa shape index (κ3) is 2.90. The zero-order valence-electron chi connectivity index (χ0n) is 9.81. The summed E-state index contributed by atoms with van der Waals surface area (Å²) >= 11 is 6.10. The molecule has 4 heteroatoms. The van der Waals surface area contributed by atoms with Crippen LogP contribution < -0.4 is 15.3 Å². The summed E-state index contributed by atoms with van der Waals surface area (Å²) in [5.74, 6) is 0.438. The molecular formula is C14H12ClO2P. The highest BCUT2D eigenvalue weighted by molar-refractivity contribution is 7.55. The van der Waals surface area contributed by atoms with E-state index in [0.717, 1.165) is 11.6 Å². The van der Waals surface area contributed by atoms with Crippen molar-refractivity contribution in [1.29, 1.82) is 0 Å². The molecule has 92 valence electrons. The van der Waals surface area contributed by atoms with Crippen LogP contribution in [0.15, 0.2) is 42.5 Å². The number of carbonyl (C=O) groups is 1. The molecule has 0 aliphatic heterocycles. The lowest BCUT2D eigenvalue weighted by Gasteiger charge is -2.09. The molecule has 0 bridgehead atoms. The first-order chi connectivity index (χ1) is 8.74. The van der Waals surface area contributed by atoms with Crippen LogP contribution >= 0.6 is 20.2 Å². The third-order valence-corrected chi connectivity index (χ3v) is 3.95. The highest BCUT2D eigenvalue weighted by Gasteiger charge is 2.09. The molecule has 2 aromatic carbocycles. The van der Waals surface area contributed by atoms with Gasteiger partial charge in [-0.1, -0.05) is 50.5 Å². The summed E-state index contributed by atoms with van der Waals surface area (Å²) in [6, 6.07) is 13.7. The first-order valence-corrected chi connectivity index (χ1v) is 6.77. The van der Waals surface area contributed by atoms with Gasteiger partial charge in [0.2, 0.25) is 0 Å². The molecule has 0 saturated carbocycles. The molecule has 0 saturated heterocycles. The fourth-order valence-corrected chi connectivity index (χ4v) is 3.21. The Bertz CT molecular complexity index is 555. The van der Waals surface area contributed by atoms with Gasteiger partial charge in [-0.3, -0.25) is 4.79 Å². The first-order valence-electron chi connectivity index (χ1n) is 5.39. The molecule has 0 aliphatic rings. The van der Waals surface area contributed by atoms with Crippen LogP contribution in [0.25, 0.3) is 0 Å². The van der Waals surface area contributed by atoms with Gasteiger partial charge in [0.05, 0.1) is 17.7 Å². The summed E-state index contributed by atoms with van der Waals surface area (Å²) < 4.78 is 5.11. The molecule has 2 rings (SSSR count). The van der Waals surface area contributed by atoms with Crippen LogP contribution in [-0.2, 0) is 0 Å². The highest BCUT2D eigenvalue weighted by atomic mass is 35.5. The van der Waals surface area contributed by atoms with Gasteiger partial charge in [0.15, 0.2) is 6.29 Å². The molecule has 0 spiro atoms. The van der Waals surface area contributed by atoms with E-state index in [4.69, 9.17) is 16.3 Å². The Morgan fingerprint density at radius 1 is 1.17 bits per heavy atom. The largest absolute Gasteiger partial charge is 0.494 e. The molecule has 0 fully saturated rings. The molecule has 0 amide bonds. The van der Waals surface area contributed by atoms with E-state index >= 15 is 0 Å². The minimum atomic E-state index is 0.438. The topological polar surface area (TPSA) is 26.3 Å². The highest BCUT2D eigenvalue weighted by Crippen LogP contribution is 2.28. The van der Waals surface area contributed by atoms with Crippen molar-refractivity contribution < 1.29 is 9.53 Å². The second-order valence-electron chi connectivity index (χ2n) is 3.69. The zero-order valence-corrected chi connectivity index (χ0v) is 11.6. The second kappa shape index (κ2) is 5.99. The average molecular weight is 279 g/mol. The van der Waals surface area contributed by atoms with E-state index in [2.05, 4.69) is 12.1 Å². The Morgan fingerprint density at radius 3 is 2.50 bits per heavy atom. The number of aldehydes is 1. The summed E-state index contributed by atoms with van der Waals surface area (Å²) in [5.41, 5.74) is 0.489. The Kier molecular flexibility index (Phi) is 4.35. The summed E-state index contributed by atoms with van der Waals surface area (Å²) in [7, 11) is 1.98. The lowest BCUT2D eigenvalue weighted by Crippen LogP contribution is -2.05. The molecular weight excluding hydrogens is 267 g/mol. The number of ether oxygens (including phenoxy) is 1. The maximum atomic E-state index is 11.0. The maximum absolute atomic E-state index is 11.0. The van der Waals surface area contributed by atoms with E-state index in [9.17, 15) is 4.79 Å². The molecule has 0 aliphatic carbocycles. The van der Waals surface area contributed by atoms with Crippen molar-refractivity contribution >= 4 is 37.1 Å². The quantitative estimate of drug-likeness (QED) is 0.635. The number of methoxy groups -OCH3 is 1. The number of benzene rings is 2. The van der Waals surface area contributed by atoms with Crippen molar-refractivity contribution in [1.82, 2.24) is 0 Å². The van der Waals surface area contributed by atoms with Gasteiger partial charge in [0.1, 0.15) is 5.75 Å². The number of carbonyl (C=O) groups excluding carboxylic acids is 1. The van der Waals surface area contributed by atoms with Crippen molar-refractivity contribution in [3.05, 3.63) is 53.1 Å². The normalized spacial score (nSPS) is 10.8.